The first-order chi connectivity index (χ1) is 49.0. The van der Waals surface area contributed by atoms with Gasteiger partial charge in [-0.05, 0) is 122 Å². The van der Waals surface area contributed by atoms with Crippen LogP contribution in [-0.4, -0.2) is 70.0 Å². The van der Waals surface area contributed by atoms with Crippen LogP contribution >= 0.6 is 7.82 Å². The fourth-order valence-electron chi connectivity index (χ4n) is 11.4. The predicted molar refractivity (Wildman–Crippen MR) is 434 cm³/mol. The average molecular weight is 1410 g/mol. The molecule has 0 N–H and O–H groups in total. The van der Waals surface area contributed by atoms with E-state index >= 15 is 0 Å². The molecule has 2 atom stereocenters. The van der Waals surface area contributed by atoms with Crippen molar-refractivity contribution in [2.75, 3.05) is 47.5 Å². The Morgan fingerprint density at radius 1 is 0.310 bits per heavy atom. The van der Waals surface area contributed by atoms with Crippen LogP contribution in [0.5, 0.6) is 0 Å². The number of unbranched alkanes of at least 4 members (excludes halogenated alkanes) is 35. The Morgan fingerprint density at radius 2 is 0.540 bits per heavy atom. The van der Waals surface area contributed by atoms with Crippen LogP contribution in [0.25, 0.3) is 0 Å². The van der Waals surface area contributed by atoms with E-state index in [2.05, 4.69) is 172 Å². The van der Waals surface area contributed by atoms with E-state index in [4.69, 9.17) is 18.5 Å². The number of ether oxygens (including phenoxy) is 2. The molecule has 0 fully saturated rings. The minimum atomic E-state index is -4.65. The number of nitrogens with zero attached hydrogens (tertiary/aromatic N) is 1. The highest BCUT2D eigenvalue weighted by Crippen LogP contribution is 2.38. The monoisotopic (exact) mass is 1410 g/mol. The quantitative estimate of drug-likeness (QED) is 0.0195. The molecule has 2 unspecified atom stereocenters. The van der Waals surface area contributed by atoms with E-state index < -0.39 is 26.5 Å². The number of quaternary nitrogens is 1. The molecular formula is C90H154NO8P. The molecule has 0 aliphatic heterocycles. The summed E-state index contributed by atoms with van der Waals surface area (Å²) in [6.07, 6.45) is 118. The standard InChI is InChI=1S/C90H154NO8P/c1-6-8-10-12-14-16-18-20-22-24-26-28-30-32-34-36-38-40-42-44-45-47-49-51-53-55-57-59-61-63-65-67-69-71-73-75-77-79-81-83-90(93)99-88(87-98-100(94,95)97-85-84-91(3,4)5)86-96-89(92)82-80-78-76-74-72-70-68-66-64-62-60-58-56-54-52-50-48-46-43-41-39-37-35-33-31-29-27-25-23-21-19-17-15-13-11-9-7-2/h8-11,14-17,20-23,26-29,32,34,38,40,44-45,49,51,55,57,88H,6-7,12-13,18-19,24-25,30-31,33,35-37,39,41-43,46-48,50,52-54,56,58-87H2,1-5H3/b10-8-,11-9-,16-14-,17-15-,22-20-,23-21-,28-26-,29-27-,34-32-,40-38-,45-44-,51-49-,57-55-. The summed E-state index contributed by atoms with van der Waals surface area (Å²) in [7, 11) is 1.16. The number of esters is 2. The molecule has 0 aromatic carbocycles. The third kappa shape index (κ3) is 82.6. The zero-order chi connectivity index (χ0) is 72.5. The second kappa shape index (κ2) is 78.8. The summed E-state index contributed by atoms with van der Waals surface area (Å²) >= 11 is 0. The molecule has 572 valence electrons. The first kappa shape index (κ1) is 95.6. The SMILES string of the molecule is CC/C=C\C/C=C\C/C=C\C/C=C\C/C=C\C/C=C\C/C=C\C/C=C\C/C=C\CCCCCCCCCCCCCC(=O)OC(COC(=O)CCCCCCCCCCCCCCCCCCCCCCCCCC/C=C\C/C=C\C/C=C\C/C=C\CC)COP(=O)([O-])OCC[N+](C)(C)C. The highest BCUT2D eigenvalue weighted by Gasteiger charge is 2.22. The van der Waals surface area contributed by atoms with Gasteiger partial charge in [-0.25, -0.2) is 0 Å². The predicted octanol–water partition coefficient (Wildman–Crippen LogP) is 27.2. The molecule has 0 aliphatic carbocycles. The summed E-state index contributed by atoms with van der Waals surface area (Å²) < 4.78 is 34.4. The number of carbonyl (C=O) groups excluding carboxylic acids is 2. The van der Waals surface area contributed by atoms with Crippen LogP contribution in [0.15, 0.2) is 158 Å². The molecule has 0 aliphatic rings. The maximum atomic E-state index is 12.9. The number of phosphoric acid groups is 1. The van der Waals surface area contributed by atoms with Crippen LogP contribution in [0, 0.1) is 0 Å². The van der Waals surface area contributed by atoms with Gasteiger partial charge in [0.1, 0.15) is 19.8 Å². The van der Waals surface area contributed by atoms with Crippen LogP contribution in [-0.2, 0) is 32.7 Å². The molecule has 0 spiro atoms. The first-order valence-corrected chi connectivity index (χ1v) is 42.7. The number of hydrogen-bond acceptors (Lipinski definition) is 8. The third-order valence-corrected chi connectivity index (χ3v) is 18.5. The minimum Gasteiger partial charge on any atom is -0.756 e. The molecule has 0 aromatic rings. The topological polar surface area (TPSA) is 111 Å². The van der Waals surface area contributed by atoms with Crippen molar-refractivity contribution in [1.82, 2.24) is 0 Å². The molecule has 0 radical (unpaired) electrons. The summed E-state index contributed by atoms with van der Waals surface area (Å²) in [5, 5.41) is 0. The van der Waals surface area contributed by atoms with Gasteiger partial charge in [0.2, 0.25) is 0 Å². The van der Waals surface area contributed by atoms with Gasteiger partial charge in [-0.3, -0.25) is 14.2 Å². The lowest BCUT2D eigenvalue weighted by atomic mass is 10.0. The Kier molecular flexibility index (Phi) is 75.3. The van der Waals surface area contributed by atoms with Crippen molar-refractivity contribution in [2.45, 2.75) is 354 Å². The fourth-order valence-corrected chi connectivity index (χ4v) is 12.1. The van der Waals surface area contributed by atoms with Crippen LogP contribution < -0.4 is 4.89 Å². The van der Waals surface area contributed by atoms with Gasteiger partial charge >= 0.3 is 11.9 Å². The molecule has 0 amide bonds. The van der Waals surface area contributed by atoms with E-state index in [1.807, 2.05) is 21.1 Å². The maximum Gasteiger partial charge on any atom is 0.306 e. The molecule has 0 rings (SSSR count). The van der Waals surface area contributed by atoms with Crippen molar-refractivity contribution in [1.29, 1.82) is 0 Å². The van der Waals surface area contributed by atoms with E-state index in [0.717, 1.165) is 128 Å². The number of carbonyl (C=O) groups is 2. The Labute approximate surface area is 617 Å². The molecule has 9 nitrogen and oxygen atoms in total. The normalized spacial score (nSPS) is 13.9. The zero-order valence-corrected chi connectivity index (χ0v) is 66.2. The molecule has 0 saturated carbocycles. The Morgan fingerprint density at radius 3 is 0.800 bits per heavy atom. The summed E-state index contributed by atoms with van der Waals surface area (Å²) in [5.74, 6) is -0.830. The van der Waals surface area contributed by atoms with Gasteiger partial charge in [0.15, 0.2) is 6.10 Å². The first-order valence-electron chi connectivity index (χ1n) is 41.2. The lowest BCUT2D eigenvalue weighted by molar-refractivity contribution is -0.870. The van der Waals surface area contributed by atoms with Crippen molar-refractivity contribution in [3.63, 3.8) is 0 Å². The molecular weight excluding hydrogens is 1250 g/mol. The average Bonchev–Trinajstić information content (AvgIpc) is 1.07. The maximum absolute atomic E-state index is 12.9. The second-order valence-electron chi connectivity index (χ2n) is 28.4. The van der Waals surface area contributed by atoms with Crippen molar-refractivity contribution >= 4 is 19.8 Å². The lowest BCUT2D eigenvalue weighted by Gasteiger charge is -2.28. The molecule has 10 heteroatoms. The largest absolute Gasteiger partial charge is 0.756 e. The van der Waals surface area contributed by atoms with Gasteiger partial charge in [0, 0.05) is 12.8 Å². The van der Waals surface area contributed by atoms with Crippen LogP contribution in [0.3, 0.4) is 0 Å². The lowest BCUT2D eigenvalue weighted by Crippen LogP contribution is -2.37. The molecule has 0 bridgehead atoms. The summed E-state index contributed by atoms with van der Waals surface area (Å²) in [5.41, 5.74) is 0. The van der Waals surface area contributed by atoms with E-state index in [0.29, 0.717) is 17.4 Å². The Bertz CT molecular complexity index is 2250. The minimum absolute atomic E-state index is 0.0359. The van der Waals surface area contributed by atoms with E-state index in [9.17, 15) is 19.0 Å². The number of hydrogen-bond donors (Lipinski definition) is 0. The highest BCUT2D eigenvalue weighted by molar-refractivity contribution is 7.45. The molecule has 100 heavy (non-hydrogen) atoms. The fraction of sp³-hybridized carbons (Fsp3) is 0.689. The third-order valence-electron chi connectivity index (χ3n) is 17.5. The van der Waals surface area contributed by atoms with Gasteiger partial charge in [0.05, 0.1) is 27.7 Å². The van der Waals surface area contributed by atoms with Crippen molar-refractivity contribution in [2.24, 2.45) is 0 Å². The van der Waals surface area contributed by atoms with Crippen LogP contribution in [0.2, 0.25) is 0 Å². The Balaban J connectivity index is 3.98. The number of likely N-dealkylation sites (N-methyl/N-ethyl adjacent to an activating group) is 1. The number of allylic oxidation sites excluding steroid dienone is 26. The summed E-state index contributed by atoms with van der Waals surface area (Å²) in [6.45, 7) is 4.04. The molecule has 0 aromatic heterocycles. The Hall–Kier alpha value is -4.37. The number of phosphoric ester groups is 1. The van der Waals surface area contributed by atoms with Gasteiger partial charge < -0.3 is 27.9 Å². The van der Waals surface area contributed by atoms with Gasteiger partial charge in [-0.15, -0.1) is 0 Å². The van der Waals surface area contributed by atoms with E-state index in [1.165, 1.54) is 186 Å². The van der Waals surface area contributed by atoms with Crippen molar-refractivity contribution in [3.05, 3.63) is 158 Å². The highest BCUT2D eigenvalue weighted by atomic mass is 31.2. The molecule has 0 saturated heterocycles. The van der Waals surface area contributed by atoms with Gasteiger partial charge in [-0.1, -0.05) is 371 Å². The summed E-state index contributed by atoms with van der Waals surface area (Å²) in [4.78, 5) is 38.2. The van der Waals surface area contributed by atoms with Crippen molar-refractivity contribution < 1.29 is 42.1 Å². The van der Waals surface area contributed by atoms with Crippen LogP contribution in [0.4, 0.5) is 0 Å². The number of rotatable bonds is 75. The van der Waals surface area contributed by atoms with Gasteiger partial charge in [-0.2, -0.15) is 0 Å². The van der Waals surface area contributed by atoms with Crippen molar-refractivity contribution in [3.8, 4) is 0 Å². The zero-order valence-electron chi connectivity index (χ0n) is 65.3. The van der Waals surface area contributed by atoms with E-state index in [-0.39, 0.29) is 32.0 Å². The summed E-state index contributed by atoms with van der Waals surface area (Å²) in [6, 6.07) is 0. The van der Waals surface area contributed by atoms with E-state index in [1.54, 1.807) is 0 Å². The smallest absolute Gasteiger partial charge is 0.306 e. The molecule has 0 heterocycles. The van der Waals surface area contributed by atoms with Gasteiger partial charge in [0.25, 0.3) is 7.82 Å². The van der Waals surface area contributed by atoms with Crippen LogP contribution in [0.1, 0.15) is 348 Å². The second-order valence-corrected chi connectivity index (χ2v) is 29.8.